The van der Waals surface area contributed by atoms with Crippen LogP contribution in [0, 0.1) is 0 Å². The van der Waals surface area contributed by atoms with Crippen molar-refractivity contribution in [2.45, 2.75) is 6.92 Å². The molecule has 0 radical (unpaired) electrons. The fourth-order valence-electron chi connectivity index (χ4n) is 4.25. The van der Waals surface area contributed by atoms with Crippen LogP contribution in [0.1, 0.15) is 18.1 Å². The van der Waals surface area contributed by atoms with Crippen LogP contribution in [0.5, 0.6) is 0 Å². The van der Waals surface area contributed by atoms with Gasteiger partial charge in [-0.05, 0) is 69.6 Å². The standard InChI is InChI=1S/C34H27N/c1-25(27-18-20-31(21-19-27)28-12-6-3-7-13-28)35-26(2)32-22-33(29-14-8-4-9-15-29)24-34(23-32)30-16-10-5-11-17-30/h3-24H,1H2,2H3/b35-26+. The van der Waals surface area contributed by atoms with Crippen LogP contribution in [0.4, 0.5) is 0 Å². The van der Waals surface area contributed by atoms with Gasteiger partial charge in [0.25, 0.3) is 0 Å². The lowest BCUT2D eigenvalue weighted by molar-refractivity contribution is 1.47. The minimum absolute atomic E-state index is 0.758. The summed E-state index contributed by atoms with van der Waals surface area (Å²) in [6.07, 6.45) is 0. The lowest BCUT2D eigenvalue weighted by atomic mass is 9.94. The topological polar surface area (TPSA) is 12.4 Å². The summed E-state index contributed by atoms with van der Waals surface area (Å²) in [7, 11) is 0. The van der Waals surface area contributed by atoms with Gasteiger partial charge in [0.2, 0.25) is 0 Å². The number of hydrogen-bond donors (Lipinski definition) is 0. The third-order valence-electron chi connectivity index (χ3n) is 6.19. The predicted octanol–water partition coefficient (Wildman–Crippen LogP) is 9.17. The fraction of sp³-hybridized carbons (Fsp3) is 0.0294. The van der Waals surface area contributed by atoms with Crippen LogP contribution >= 0.6 is 0 Å². The Morgan fingerprint density at radius 2 is 0.857 bits per heavy atom. The molecule has 0 aliphatic rings. The van der Waals surface area contributed by atoms with E-state index in [1.807, 2.05) is 18.2 Å². The second kappa shape index (κ2) is 10.2. The van der Waals surface area contributed by atoms with E-state index in [-0.39, 0.29) is 0 Å². The Morgan fingerprint density at radius 3 is 1.31 bits per heavy atom. The van der Waals surface area contributed by atoms with Crippen molar-refractivity contribution < 1.29 is 0 Å². The minimum atomic E-state index is 0.758. The summed E-state index contributed by atoms with van der Waals surface area (Å²) < 4.78 is 0. The van der Waals surface area contributed by atoms with Crippen LogP contribution in [-0.4, -0.2) is 5.71 Å². The molecule has 0 saturated carbocycles. The Morgan fingerprint density at radius 1 is 0.457 bits per heavy atom. The molecule has 5 rings (SSSR count). The molecule has 5 aromatic rings. The Hall–Kier alpha value is -4.49. The van der Waals surface area contributed by atoms with E-state index in [2.05, 4.69) is 129 Å². The number of aliphatic imine (C=N–C) groups is 1. The maximum absolute atomic E-state index is 4.91. The van der Waals surface area contributed by atoms with Crippen molar-refractivity contribution in [3.8, 4) is 33.4 Å². The number of hydrogen-bond acceptors (Lipinski definition) is 1. The minimum Gasteiger partial charge on any atom is -0.253 e. The molecule has 35 heavy (non-hydrogen) atoms. The summed E-state index contributed by atoms with van der Waals surface area (Å²) in [6.45, 7) is 6.32. The molecule has 5 aromatic carbocycles. The quantitative estimate of drug-likeness (QED) is 0.229. The highest BCUT2D eigenvalue weighted by molar-refractivity contribution is 6.03. The Labute approximate surface area is 207 Å². The molecule has 0 bridgehead atoms. The lowest BCUT2D eigenvalue weighted by Crippen LogP contribution is -1.97. The average molecular weight is 450 g/mol. The smallest absolute Gasteiger partial charge is 0.0633 e. The maximum Gasteiger partial charge on any atom is 0.0633 e. The third-order valence-corrected chi connectivity index (χ3v) is 6.19. The van der Waals surface area contributed by atoms with Gasteiger partial charge in [0.15, 0.2) is 0 Å². The van der Waals surface area contributed by atoms with Gasteiger partial charge in [-0.25, -0.2) is 0 Å². The first kappa shape index (κ1) is 22.3. The molecule has 1 nitrogen and oxygen atoms in total. The highest BCUT2D eigenvalue weighted by atomic mass is 14.7. The van der Waals surface area contributed by atoms with Crippen molar-refractivity contribution in [2.24, 2.45) is 4.99 Å². The van der Waals surface area contributed by atoms with E-state index in [4.69, 9.17) is 4.99 Å². The molecule has 0 unspecified atom stereocenters. The van der Waals surface area contributed by atoms with Crippen LogP contribution < -0.4 is 0 Å². The van der Waals surface area contributed by atoms with E-state index >= 15 is 0 Å². The summed E-state index contributed by atoms with van der Waals surface area (Å²) in [6, 6.07) is 46.5. The van der Waals surface area contributed by atoms with Crippen molar-refractivity contribution in [3.05, 3.63) is 151 Å². The van der Waals surface area contributed by atoms with Gasteiger partial charge in [0.05, 0.1) is 5.70 Å². The summed E-state index contributed by atoms with van der Waals surface area (Å²) in [5.74, 6) is 0. The molecule has 0 heterocycles. The van der Waals surface area contributed by atoms with Gasteiger partial charge in [0, 0.05) is 5.71 Å². The molecular formula is C34H27N. The molecule has 0 fully saturated rings. The second-order valence-electron chi connectivity index (χ2n) is 8.62. The van der Waals surface area contributed by atoms with E-state index in [0.29, 0.717) is 0 Å². The van der Waals surface area contributed by atoms with E-state index < -0.39 is 0 Å². The third kappa shape index (κ3) is 5.20. The van der Waals surface area contributed by atoms with Gasteiger partial charge in [-0.1, -0.05) is 122 Å². The zero-order valence-corrected chi connectivity index (χ0v) is 19.9. The first-order chi connectivity index (χ1) is 17.2. The van der Waals surface area contributed by atoms with Gasteiger partial charge in [-0.3, -0.25) is 4.99 Å². The number of benzene rings is 5. The largest absolute Gasteiger partial charge is 0.253 e. The molecule has 0 aromatic heterocycles. The van der Waals surface area contributed by atoms with Crippen molar-refractivity contribution >= 4 is 11.4 Å². The molecule has 0 atom stereocenters. The molecule has 0 N–H and O–H groups in total. The normalized spacial score (nSPS) is 11.3. The van der Waals surface area contributed by atoms with Crippen molar-refractivity contribution in [3.63, 3.8) is 0 Å². The maximum atomic E-state index is 4.91. The van der Waals surface area contributed by atoms with Crippen LogP contribution in [0.2, 0.25) is 0 Å². The molecule has 0 saturated heterocycles. The Bertz CT molecular complexity index is 1410. The van der Waals surface area contributed by atoms with Crippen LogP contribution in [0.15, 0.2) is 145 Å². The van der Waals surface area contributed by atoms with Crippen LogP contribution in [0.25, 0.3) is 39.1 Å². The van der Waals surface area contributed by atoms with E-state index in [9.17, 15) is 0 Å². The summed E-state index contributed by atoms with van der Waals surface area (Å²) in [5.41, 5.74) is 10.9. The van der Waals surface area contributed by atoms with E-state index in [1.165, 1.54) is 33.4 Å². The molecule has 168 valence electrons. The summed E-state index contributed by atoms with van der Waals surface area (Å²) in [4.78, 5) is 4.91. The fourth-order valence-corrected chi connectivity index (χ4v) is 4.25. The van der Waals surface area contributed by atoms with Gasteiger partial charge in [-0.2, -0.15) is 0 Å². The Kier molecular flexibility index (Phi) is 6.50. The van der Waals surface area contributed by atoms with Gasteiger partial charge in [0.1, 0.15) is 0 Å². The molecule has 0 aliphatic heterocycles. The average Bonchev–Trinajstić information content (AvgIpc) is 2.94. The molecule has 0 aliphatic carbocycles. The van der Waals surface area contributed by atoms with E-state index in [1.54, 1.807) is 0 Å². The SMILES string of the molecule is C=C(/N=C(\C)c1cc(-c2ccccc2)cc(-c2ccccc2)c1)c1ccc(-c2ccccc2)cc1. The predicted molar refractivity (Wildman–Crippen MR) is 150 cm³/mol. The number of nitrogens with zero attached hydrogens (tertiary/aromatic N) is 1. The van der Waals surface area contributed by atoms with Crippen LogP contribution in [0.3, 0.4) is 0 Å². The van der Waals surface area contributed by atoms with Gasteiger partial charge >= 0.3 is 0 Å². The van der Waals surface area contributed by atoms with Gasteiger partial charge in [-0.15, -0.1) is 0 Å². The van der Waals surface area contributed by atoms with Crippen molar-refractivity contribution in [2.75, 3.05) is 0 Å². The monoisotopic (exact) mass is 449 g/mol. The van der Waals surface area contributed by atoms with Gasteiger partial charge < -0.3 is 0 Å². The highest BCUT2D eigenvalue weighted by Crippen LogP contribution is 2.29. The number of rotatable bonds is 6. The highest BCUT2D eigenvalue weighted by Gasteiger charge is 2.09. The Balaban J connectivity index is 1.48. The first-order valence-corrected chi connectivity index (χ1v) is 11.8. The molecular weight excluding hydrogens is 422 g/mol. The van der Waals surface area contributed by atoms with Crippen LogP contribution in [-0.2, 0) is 0 Å². The zero-order valence-electron chi connectivity index (χ0n) is 19.9. The first-order valence-electron chi connectivity index (χ1n) is 11.8. The zero-order chi connectivity index (χ0) is 24.0. The second-order valence-corrected chi connectivity index (χ2v) is 8.62. The molecule has 0 spiro atoms. The van der Waals surface area contributed by atoms with Crippen molar-refractivity contribution in [1.82, 2.24) is 0 Å². The lowest BCUT2D eigenvalue weighted by Gasteiger charge is -2.12. The molecule has 1 heteroatoms. The summed E-state index contributed by atoms with van der Waals surface area (Å²) >= 11 is 0. The van der Waals surface area contributed by atoms with Crippen molar-refractivity contribution in [1.29, 1.82) is 0 Å². The molecule has 0 amide bonds. The van der Waals surface area contributed by atoms with E-state index in [0.717, 1.165) is 22.5 Å². The summed E-state index contributed by atoms with van der Waals surface area (Å²) in [5, 5.41) is 0.